The van der Waals surface area contributed by atoms with Gasteiger partial charge >= 0.3 is 0 Å². The van der Waals surface area contributed by atoms with Gasteiger partial charge in [0.15, 0.2) is 0 Å². The monoisotopic (exact) mass is 264 g/mol. The lowest BCUT2D eigenvalue weighted by Gasteiger charge is -2.13. The van der Waals surface area contributed by atoms with Gasteiger partial charge in [-0.15, -0.1) is 6.58 Å². The molecule has 0 spiro atoms. The van der Waals surface area contributed by atoms with E-state index in [-0.39, 0.29) is 5.91 Å². The number of hydrogen-bond donors (Lipinski definition) is 2. The largest absolute Gasteiger partial charge is 0.495 e. The smallest absolute Gasteiger partial charge is 0.253 e. The molecule has 104 valence electrons. The third-order valence-electron chi connectivity index (χ3n) is 2.56. The molecule has 0 aliphatic rings. The van der Waals surface area contributed by atoms with Gasteiger partial charge in [-0.05, 0) is 31.5 Å². The van der Waals surface area contributed by atoms with Crippen molar-refractivity contribution in [1.29, 1.82) is 0 Å². The van der Waals surface area contributed by atoms with Crippen LogP contribution in [0.25, 0.3) is 0 Å². The van der Waals surface area contributed by atoms with Crippen molar-refractivity contribution in [3.8, 4) is 5.75 Å². The van der Waals surface area contributed by atoms with Gasteiger partial charge in [0.2, 0.25) is 0 Å². The summed E-state index contributed by atoms with van der Waals surface area (Å²) >= 11 is 0. The molecule has 0 saturated carbocycles. The molecule has 5 nitrogen and oxygen atoms in total. The number of rotatable bonds is 7. The van der Waals surface area contributed by atoms with Gasteiger partial charge in [-0.2, -0.15) is 0 Å². The summed E-state index contributed by atoms with van der Waals surface area (Å²) in [4.78, 5) is 11.8. The number of hydrogen-bond acceptors (Lipinski definition) is 4. The Balaban J connectivity index is 2.56. The molecule has 1 amide bonds. The molecular formula is C14H20N2O3. The van der Waals surface area contributed by atoms with Gasteiger partial charge in [-0.3, -0.25) is 4.79 Å². The van der Waals surface area contributed by atoms with Gasteiger partial charge in [0, 0.05) is 5.69 Å². The Morgan fingerprint density at radius 1 is 1.58 bits per heavy atom. The molecule has 0 aromatic heterocycles. The van der Waals surface area contributed by atoms with Gasteiger partial charge in [0.25, 0.3) is 5.91 Å². The summed E-state index contributed by atoms with van der Waals surface area (Å²) in [6, 6.07) is 5.07. The van der Waals surface area contributed by atoms with Gasteiger partial charge in [0.05, 0.1) is 19.4 Å². The van der Waals surface area contributed by atoms with Crippen LogP contribution in [0.1, 0.15) is 13.3 Å². The number of benzene rings is 1. The van der Waals surface area contributed by atoms with E-state index in [1.165, 1.54) is 0 Å². The Bertz CT molecular complexity index is 446. The summed E-state index contributed by atoms with van der Waals surface area (Å²) in [6.07, 6.45) is 1.94. The first-order chi connectivity index (χ1) is 9.08. The lowest BCUT2D eigenvalue weighted by atomic mass is 10.2. The molecule has 0 radical (unpaired) electrons. The van der Waals surface area contributed by atoms with E-state index in [1.54, 1.807) is 38.3 Å². The van der Waals surface area contributed by atoms with Crippen LogP contribution in [0.2, 0.25) is 0 Å². The van der Waals surface area contributed by atoms with Crippen LogP contribution < -0.4 is 15.8 Å². The van der Waals surface area contributed by atoms with E-state index in [2.05, 4.69) is 11.9 Å². The number of nitrogen functional groups attached to an aromatic ring is 1. The van der Waals surface area contributed by atoms with E-state index >= 15 is 0 Å². The van der Waals surface area contributed by atoms with E-state index < -0.39 is 6.10 Å². The molecule has 0 fully saturated rings. The zero-order valence-electron chi connectivity index (χ0n) is 11.3. The first kappa shape index (κ1) is 15.0. The molecule has 0 bridgehead atoms. The predicted molar refractivity (Wildman–Crippen MR) is 76.3 cm³/mol. The van der Waals surface area contributed by atoms with Crippen molar-refractivity contribution in [1.82, 2.24) is 0 Å². The van der Waals surface area contributed by atoms with Crippen molar-refractivity contribution in [3.05, 3.63) is 30.9 Å². The van der Waals surface area contributed by atoms with Crippen LogP contribution in [-0.4, -0.2) is 25.7 Å². The molecule has 0 aliphatic heterocycles. The normalized spacial score (nSPS) is 11.7. The number of carbonyl (C=O) groups is 1. The SMILES string of the molecule is C=CCCOC(C)C(=O)Nc1ccc(OC)c(N)c1. The molecule has 0 aliphatic carbocycles. The maximum absolute atomic E-state index is 11.8. The summed E-state index contributed by atoms with van der Waals surface area (Å²) in [6.45, 7) is 5.76. The minimum atomic E-state index is -0.525. The van der Waals surface area contributed by atoms with E-state index in [0.29, 0.717) is 30.2 Å². The highest BCUT2D eigenvalue weighted by atomic mass is 16.5. The Labute approximate surface area is 113 Å². The van der Waals surface area contributed by atoms with Gasteiger partial charge in [-0.25, -0.2) is 0 Å². The first-order valence-electron chi connectivity index (χ1n) is 6.05. The zero-order chi connectivity index (χ0) is 14.3. The molecule has 1 atom stereocenters. The number of ether oxygens (including phenoxy) is 2. The van der Waals surface area contributed by atoms with Crippen LogP contribution in [-0.2, 0) is 9.53 Å². The number of nitrogens with two attached hydrogens (primary N) is 1. The maximum Gasteiger partial charge on any atom is 0.253 e. The zero-order valence-corrected chi connectivity index (χ0v) is 11.3. The molecule has 1 aromatic carbocycles. The van der Waals surface area contributed by atoms with Crippen LogP contribution in [0.15, 0.2) is 30.9 Å². The summed E-state index contributed by atoms with van der Waals surface area (Å²) in [5, 5.41) is 2.74. The van der Waals surface area contributed by atoms with Crippen molar-refractivity contribution in [3.63, 3.8) is 0 Å². The summed E-state index contributed by atoms with van der Waals surface area (Å²) < 4.78 is 10.4. The third-order valence-corrected chi connectivity index (χ3v) is 2.56. The number of anilines is 2. The van der Waals surface area contributed by atoms with Crippen molar-refractivity contribution in [2.45, 2.75) is 19.4 Å². The average Bonchev–Trinajstić information content (AvgIpc) is 2.39. The highest BCUT2D eigenvalue weighted by Crippen LogP contribution is 2.24. The molecule has 1 unspecified atom stereocenters. The fourth-order valence-corrected chi connectivity index (χ4v) is 1.46. The number of nitrogens with one attached hydrogen (secondary N) is 1. The lowest BCUT2D eigenvalue weighted by molar-refractivity contribution is -0.126. The third kappa shape index (κ3) is 4.63. The maximum atomic E-state index is 11.8. The quantitative estimate of drug-likeness (QED) is 0.450. The highest BCUT2D eigenvalue weighted by Gasteiger charge is 2.13. The van der Waals surface area contributed by atoms with E-state index in [9.17, 15) is 4.79 Å². The second kappa shape index (κ2) is 7.43. The van der Waals surface area contributed by atoms with Crippen LogP contribution >= 0.6 is 0 Å². The predicted octanol–water partition coefficient (Wildman–Crippen LogP) is 2.20. The summed E-state index contributed by atoms with van der Waals surface area (Å²) in [5.41, 5.74) is 6.85. The van der Waals surface area contributed by atoms with Crippen molar-refractivity contribution < 1.29 is 14.3 Å². The van der Waals surface area contributed by atoms with Crippen LogP contribution in [0.5, 0.6) is 5.75 Å². The molecule has 1 aromatic rings. The fourth-order valence-electron chi connectivity index (χ4n) is 1.46. The first-order valence-corrected chi connectivity index (χ1v) is 6.05. The van der Waals surface area contributed by atoms with Gasteiger partial charge in [-0.1, -0.05) is 6.08 Å². The molecule has 19 heavy (non-hydrogen) atoms. The second-order valence-corrected chi connectivity index (χ2v) is 4.04. The van der Waals surface area contributed by atoms with Crippen molar-refractivity contribution in [2.75, 3.05) is 24.8 Å². The highest BCUT2D eigenvalue weighted by molar-refractivity contribution is 5.94. The Morgan fingerprint density at radius 2 is 2.32 bits per heavy atom. The standard InChI is InChI=1S/C14H20N2O3/c1-4-5-8-19-10(2)14(17)16-11-6-7-13(18-3)12(15)9-11/h4,6-7,9-10H,1,5,8,15H2,2-3H3,(H,16,17). The molecule has 1 rings (SSSR count). The van der Waals surface area contributed by atoms with Crippen molar-refractivity contribution >= 4 is 17.3 Å². The number of amides is 1. The number of carbonyl (C=O) groups excluding carboxylic acids is 1. The summed E-state index contributed by atoms with van der Waals surface area (Å²) in [7, 11) is 1.54. The van der Waals surface area contributed by atoms with E-state index in [1.807, 2.05) is 0 Å². The minimum absolute atomic E-state index is 0.214. The van der Waals surface area contributed by atoms with Gasteiger partial charge < -0.3 is 20.5 Å². The second-order valence-electron chi connectivity index (χ2n) is 4.04. The van der Waals surface area contributed by atoms with Crippen LogP contribution in [0, 0.1) is 0 Å². The van der Waals surface area contributed by atoms with Crippen molar-refractivity contribution in [2.24, 2.45) is 0 Å². The molecular weight excluding hydrogens is 244 g/mol. The number of methoxy groups -OCH3 is 1. The minimum Gasteiger partial charge on any atom is -0.495 e. The molecule has 0 heterocycles. The van der Waals surface area contributed by atoms with Gasteiger partial charge in [0.1, 0.15) is 11.9 Å². The molecule has 5 heteroatoms. The van der Waals surface area contributed by atoms with E-state index in [0.717, 1.165) is 0 Å². The Morgan fingerprint density at radius 3 is 2.89 bits per heavy atom. The Hall–Kier alpha value is -2.01. The topological polar surface area (TPSA) is 73.6 Å². The molecule has 0 saturated heterocycles. The fraction of sp³-hybridized carbons (Fsp3) is 0.357. The van der Waals surface area contributed by atoms with Crippen LogP contribution in [0.4, 0.5) is 11.4 Å². The van der Waals surface area contributed by atoms with E-state index in [4.69, 9.17) is 15.2 Å². The lowest BCUT2D eigenvalue weighted by Crippen LogP contribution is -2.28. The summed E-state index contributed by atoms with van der Waals surface area (Å²) in [5.74, 6) is 0.363. The average molecular weight is 264 g/mol. The Kier molecular flexibility index (Phi) is 5.89. The molecule has 3 N–H and O–H groups in total. The van der Waals surface area contributed by atoms with Crippen LogP contribution in [0.3, 0.4) is 0 Å².